The Morgan fingerprint density at radius 2 is 2.42 bits per heavy atom. The number of esters is 1. The fourth-order valence-corrected chi connectivity index (χ4v) is 1.46. The van der Waals surface area contributed by atoms with E-state index in [1.807, 2.05) is 29.3 Å². The van der Waals surface area contributed by atoms with Gasteiger partial charge in [-0.05, 0) is 0 Å². The number of carbonyl (C=O) groups is 1. The molecule has 0 saturated heterocycles. The lowest BCUT2D eigenvalue weighted by Crippen LogP contribution is -2.46. The Bertz CT molecular complexity index is 341. The maximum atomic E-state index is 11.3. The first-order valence-electron chi connectivity index (χ1n) is 3.93. The van der Waals surface area contributed by atoms with Crippen LogP contribution in [0.4, 0.5) is 0 Å². The molecule has 2 heterocycles. The normalized spacial score (nSPS) is 15.7. The zero-order valence-corrected chi connectivity index (χ0v) is 7.20. The minimum Gasteiger partial charge on any atom is -0.452 e. The summed E-state index contributed by atoms with van der Waals surface area (Å²) in [6.45, 7) is 3.22. The Morgan fingerprint density at radius 3 is 3.08 bits per heavy atom. The third-order valence-corrected chi connectivity index (χ3v) is 2.21. The van der Waals surface area contributed by atoms with E-state index in [1.54, 1.807) is 0 Å². The van der Waals surface area contributed by atoms with Crippen LogP contribution in [0.1, 0.15) is 16.3 Å². The van der Waals surface area contributed by atoms with Gasteiger partial charge in [0.25, 0.3) is 0 Å². The molecule has 1 aliphatic heterocycles. The second kappa shape index (κ2) is 2.33. The Hall–Kier alpha value is -1.32. The molecule has 0 fully saturated rings. The van der Waals surface area contributed by atoms with Crippen molar-refractivity contribution in [1.29, 1.82) is 0 Å². The highest BCUT2D eigenvalue weighted by Crippen LogP contribution is 2.04. The van der Waals surface area contributed by atoms with Gasteiger partial charge in [0.2, 0.25) is 0 Å². The van der Waals surface area contributed by atoms with Gasteiger partial charge in [0, 0.05) is 6.92 Å². The lowest BCUT2D eigenvalue weighted by atomic mass is 10.5. The SMILES string of the molecule is Cc1c[n+]2c(n1C)C(=O)OCC2. The number of hydrogen-bond donors (Lipinski definition) is 0. The molecule has 64 valence electrons. The number of aryl methyl sites for hydroxylation is 1. The van der Waals surface area contributed by atoms with Crippen molar-refractivity contribution in [3.8, 4) is 0 Å². The van der Waals surface area contributed by atoms with Crippen LogP contribution in [-0.2, 0) is 18.3 Å². The van der Waals surface area contributed by atoms with Crippen molar-refractivity contribution in [2.45, 2.75) is 13.5 Å². The van der Waals surface area contributed by atoms with Gasteiger partial charge >= 0.3 is 11.8 Å². The zero-order chi connectivity index (χ0) is 8.72. The highest BCUT2D eigenvalue weighted by Gasteiger charge is 2.30. The Morgan fingerprint density at radius 1 is 1.67 bits per heavy atom. The number of nitrogens with zero attached hydrogens (tertiary/aromatic N) is 2. The maximum absolute atomic E-state index is 11.3. The van der Waals surface area contributed by atoms with Crippen molar-refractivity contribution in [2.75, 3.05) is 6.61 Å². The summed E-state index contributed by atoms with van der Waals surface area (Å²) in [4.78, 5) is 11.3. The molecule has 12 heavy (non-hydrogen) atoms. The lowest BCUT2D eigenvalue weighted by Gasteiger charge is -2.08. The van der Waals surface area contributed by atoms with Gasteiger partial charge in [-0.2, -0.15) is 0 Å². The third-order valence-electron chi connectivity index (χ3n) is 2.21. The van der Waals surface area contributed by atoms with Crippen molar-refractivity contribution >= 4 is 5.97 Å². The second-order valence-electron chi connectivity index (χ2n) is 2.98. The molecule has 4 nitrogen and oxygen atoms in total. The van der Waals surface area contributed by atoms with Crippen LogP contribution in [0.5, 0.6) is 0 Å². The van der Waals surface area contributed by atoms with Crippen LogP contribution in [-0.4, -0.2) is 17.1 Å². The number of hydrogen-bond acceptors (Lipinski definition) is 2. The molecule has 1 aromatic heterocycles. The van der Waals surface area contributed by atoms with E-state index in [-0.39, 0.29) is 5.97 Å². The van der Waals surface area contributed by atoms with Gasteiger partial charge in [-0.3, -0.25) is 0 Å². The van der Waals surface area contributed by atoms with E-state index < -0.39 is 0 Å². The minimum atomic E-state index is -0.225. The molecule has 1 aliphatic rings. The van der Waals surface area contributed by atoms with E-state index in [2.05, 4.69) is 0 Å². The highest BCUT2D eigenvalue weighted by molar-refractivity contribution is 5.84. The highest BCUT2D eigenvalue weighted by atomic mass is 16.5. The molecule has 0 radical (unpaired) electrons. The minimum absolute atomic E-state index is 0.225. The maximum Gasteiger partial charge on any atom is 0.422 e. The molecule has 4 heteroatoms. The van der Waals surface area contributed by atoms with E-state index in [0.29, 0.717) is 12.4 Å². The van der Waals surface area contributed by atoms with E-state index in [1.165, 1.54) is 0 Å². The predicted molar refractivity (Wildman–Crippen MR) is 40.6 cm³/mol. The Balaban J connectivity index is 2.61. The van der Waals surface area contributed by atoms with Gasteiger partial charge in [-0.25, -0.2) is 13.9 Å². The first-order valence-corrected chi connectivity index (χ1v) is 3.93. The van der Waals surface area contributed by atoms with Crippen molar-refractivity contribution in [3.05, 3.63) is 17.7 Å². The molecule has 0 atom stereocenters. The van der Waals surface area contributed by atoms with Crippen LogP contribution in [0.3, 0.4) is 0 Å². The average molecular weight is 167 g/mol. The quantitative estimate of drug-likeness (QED) is 0.396. The summed E-state index contributed by atoms with van der Waals surface area (Å²) in [7, 11) is 1.87. The number of fused-ring (bicyclic) bond motifs is 1. The van der Waals surface area contributed by atoms with Gasteiger partial charge < -0.3 is 4.74 Å². The number of aromatic nitrogens is 2. The van der Waals surface area contributed by atoms with Crippen LogP contribution in [0.15, 0.2) is 6.20 Å². The van der Waals surface area contributed by atoms with Crippen LogP contribution in [0, 0.1) is 6.92 Å². The molecule has 0 spiro atoms. The molecule has 0 unspecified atom stereocenters. The van der Waals surface area contributed by atoms with E-state index in [9.17, 15) is 4.79 Å². The summed E-state index contributed by atoms with van der Waals surface area (Å²) >= 11 is 0. The number of imidazole rings is 1. The molecular formula is C8H11N2O2+. The van der Waals surface area contributed by atoms with Gasteiger partial charge in [0.05, 0.1) is 7.05 Å². The molecule has 0 aromatic carbocycles. The van der Waals surface area contributed by atoms with Crippen molar-refractivity contribution in [1.82, 2.24) is 4.57 Å². The van der Waals surface area contributed by atoms with E-state index >= 15 is 0 Å². The molecular weight excluding hydrogens is 156 g/mol. The predicted octanol–water partition coefficient (Wildman–Crippen LogP) is -0.209. The van der Waals surface area contributed by atoms with Gasteiger partial charge in [0.15, 0.2) is 0 Å². The van der Waals surface area contributed by atoms with Crippen LogP contribution in [0.25, 0.3) is 0 Å². The zero-order valence-electron chi connectivity index (χ0n) is 7.20. The first kappa shape index (κ1) is 7.34. The topological polar surface area (TPSA) is 35.1 Å². The molecule has 0 amide bonds. The number of ether oxygens (including phenoxy) is 1. The van der Waals surface area contributed by atoms with E-state index in [0.717, 1.165) is 12.2 Å². The summed E-state index contributed by atoms with van der Waals surface area (Å²) in [5.74, 6) is 0.413. The van der Waals surface area contributed by atoms with Crippen LogP contribution >= 0.6 is 0 Å². The molecule has 1 aromatic rings. The number of cyclic esters (lactones) is 1. The Labute approximate surface area is 70.4 Å². The van der Waals surface area contributed by atoms with Crippen LogP contribution in [0.2, 0.25) is 0 Å². The van der Waals surface area contributed by atoms with Crippen LogP contribution < -0.4 is 4.57 Å². The molecule has 0 N–H and O–H groups in total. The standard InChI is InChI=1S/C8H11N2O2/c1-6-5-10-3-4-12-8(11)7(10)9(6)2/h5H,3-4H2,1-2H3/q+1. The Kier molecular flexibility index (Phi) is 1.43. The average Bonchev–Trinajstić information content (AvgIpc) is 2.29. The number of rotatable bonds is 0. The first-order chi connectivity index (χ1) is 5.70. The summed E-state index contributed by atoms with van der Waals surface area (Å²) in [5, 5.41) is 0. The van der Waals surface area contributed by atoms with Gasteiger partial charge in [-0.1, -0.05) is 0 Å². The number of carbonyl (C=O) groups excluding carboxylic acids is 1. The molecule has 0 saturated carbocycles. The second-order valence-corrected chi connectivity index (χ2v) is 2.98. The largest absolute Gasteiger partial charge is 0.452 e. The van der Waals surface area contributed by atoms with Gasteiger partial charge in [-0.15, -0.1) is 0 Å². The summed E-state index contributed by atoms with van der Waals surface area (Å²) in [6, 6.07) is 0. The fourth-order valence-electron chi connectivity index (χ4n) is 1.46. The molecule has 0 bridgehead atoms. The summed E-state index contributed by atoms with van der Waals surface area (Å²) in [6.07, 6.45) is 1.97. The van der Waals surface area contributed by atoms with Gasteiger partial charge in [0.1, 0.15) is 25.0 Å². The van der Waals surface area contributed by atoms with Crippen molar-refractivity contribution in [2.24, 2.45) is 7.05 Å². The fraction of sp³-hybridized carbons (Fsp3) is 0.500. The van der Waals surface area contributed by atoms with Crippen molar-refractivity contribution < 1.29 is 14.1 Å². The smallest absolute Gasteiger partial charge is 0.422 e. The van der Waals surface area contributed by atoms with Crippen molar-refractivity contribution in [3.63, 3.8) is 0 Å². The van der Waals surface area contributed by atoms with E-state index in [4.69, 9.17) is 4.74 Å². The monoisotopic (exact) mass is 167 g/mol. The molecule has 2 rings (SSSR count). The third kappa shape index (κ3) is 0.841. The summed E-state index contributed by atoms with van der Waals surface area (Å²) in [5.41, 5.74) is 1.07. The summed E-state index contributed by atoms with van der Waals surface area (Å²) < 4.78 is 8.70. The lowest BCUT2D eigenvalue weighted by molar-refractivity contribution is -0.705. The molecule has 0 aliphatic carbocycles.